The van der Waals surface area contributed by atoms with Crippen LogP contribution >= 0.6 is 0 Å². The second kappa shape index (κ2) is 5.81. The van der Waals surface area contributed by atoms with Gasteiger partial charge in [-0.05, 0) is 37.5 Å². The maximum absolute atomic E-state index is 12.5. The van der Waals surface area contributed by atoms with Crippen molar-refractivity contribution in [3.8, 4) is 0 Å². The molecule has 1 aromatic heterocycles. The van der Waals surface area contributed by atoms with Crippen LogP contribution in [0.4, 0.5) is 5.82 Å². The summed E-state index contributed by atoms with van der Waals surface area (Å²) in [5, 5.41) is 7.28. The van der Waals surface area contributed by atoms with Crippen molar-refractivity contribution in [3.05, 3.63) is 41.1 Å². The molecule has 1 aliphatic rings. The molecule has 0 saturated carbocycles. The average Bonchev–Trinajstić information content (AvgIpc) is 3.10. The van der Waals surface area contributed by atoms with E-state index in [1.54, 1.807) is 30.8 Å². The number of hydrogen-bond acceptors (Lipinski definition) is 4. The molecule has 0 bridgehead atoms. The number of nitrogens with one attached hydrogen (secondary N) is 1. The summed E-state index contributed by atoms with van der Waals surface area (Å²) in [6.45, 7) is 1.58. The Labute approximate surface area is 135 Å². The predicted octanol–water partition coefficient (Wildman–Crippen LogP) is 1.95. The molecule has 0 fully saturated rings. The Balaban J connectivity index is 1.89. The van der Waals surface area contributed by atoms with Crippen LogP contribution < -0.4 is 5.32 Å². The molecular weight excluding hydrogens is 314 g/mol. The van der Waals surface area contributed by atoms with Gasteiger partial charge in [0, 0.05) is 18.2 Å². The Bertz CT molecular complexity index is 869. The Kier molecular flexibility index (Phi) is 3.97. The highest BCUT2D eigenvalue weighted by Crippen LogP contribution is 2.28. The van der Waals surface area contributed by atoms with Crippen LogP contribution in [0.2, 0.25) is 0 Å². The maximum Gasteiger partial charge on any atom is 0.256 e. The molecule has 1 N–H and O–H groups in total. The summed E-state index contributed by atoms with van der Waals surface area (Å²) in [4.78, 5) is 12.7. The number of amides is 1. The van der Waals surface area contributed by atoms with Crippen LogP contribution in [-0.4, -0.2) is 29.9 Å². The number of anilines is 1. The number of fused-ring (bicyclic) bond motifs is 1. The van der Waals surface area contributed by atoms with Gasteiger partial charge in [-0.3, -0.25) is 9.48 Å². The van der Waals surface area contributed by atoms with Crippen LogP contribution in [-0.2, 0) is 29.7 Å². The molecule has 2 aromatic rings. The van der Waals surface area contributed by atoms with E-state index in [1.807, 2.05) is 0 Å². The monoisotopic (exact) mass is 333 g/mol. The van der Waals surface area contributed by atoms with E-state index in [2.05, 4.69) is 10.4 Å². The molecule has 1 heterocycles. The summed E-state index contributed by atoms with van der Waals surface area (Å²) in [5.74, 6) is 0.384. The first kappa shape index (κ1) is 15.7. The first-order chi connectivity index (χ1) is 10.9. The topological polar surface area (TPSA) is 81.1 Å². The van der Waals surface area contributed by atoms with Crippen LogP contribution in [0, 0.1) is 0 Å². The van der Waals surface area contributed by atoms with E-state index in [9.17, 15) is 13.2 Å². The lowest BCUT2D eigenvalue weighted by molar-refractivity contribution is 0.102. The van der Waals surface area contributed by atoms with E-state index in [4.69, 9.17) is 0 Å². The van der Waals surface area contributed by atoms with Gasteiger partial charge in [-0.2, -0.15) is 5.10 Å². The number of rotatable bonds is 4. The predicted molar refractivity (Wildman–Crippen MR) is 87.4 cm³/mol. The highest BCUT2D eigenvalue weighted by Gasteiger charge is 2.23. The Hall–Kier alpha value is -2.15. The molecule has 0 spiro atoms. The van der Waals surface area contributed by atoms with E-state index in [0.717, 1.165) is 30.5 Å². The van der Waals surface area contributed by atoms with Crippen LogP contribution in [0.1, 0.15) is 35.0 Å². The minimum atomic E-state index is -3.33. The maximum atomic E-state index is 12.5. The molecule has 6 nitrogen and oxygen atoms in total. The molecule has 0 radical (unpaired) electrons. The van der Waals surface area contributed by atoms with Gasteiger partial charge in [0.15, 0.2) is 9.84 Å². The van der Waals surface area contributed by atoms with Crippen LogP contribution in [0.5, 0.6) is 0 Å². The highest BCUT2D eigenvalue weighted by molar-refractivity contribution is 7.91. The van der Waals surface area contributed by atoms with Crippen molar-refractivity contribution in [2.24, 2.45) is 7.05 Å². The molecule has 3 rings (SSSR count). The molecular formula is C16H19N3O3S. The summed E-state index contributed by atoms with van der Waals surface area (Å²) in [6.07, 6.45) is 2.89. The van der Waals surface area contributed by atoms with E-state index in [-0.39, 0.29) is 16.6 Å². The number of nitrogens with zero attached hydrogens (tertiary/aromatic N) is 2. The van der Waals surface area contributed by atoms with Crippen LogP contribution in [0.15, 0.2) is 29.2 Å². The average molecular weight is 333 g/mol. The quantitative estimate of drug-likeness (QED) is 0.927. The largest absolute Gasteiger partial charge is 0.307 e. The van der Waals surface area contributed by atoms with E-state index >= 15 is 0 Å². The van der Waals surface area contributed by atoms with Crippen molar-refractivity contribution >= 4 is 21.6 Å². The first-order valence-electron chi connectivity index (χ1n) is 7.61. The van der Waals surface area contributed by atoms with Crippen molar-refractivity contribution in [1.29, 1.82) is 0 Å². The fourth-order valence-corrected chi connectivity index (χ4v) is 3.78. The fourth-order valence-electron chi connectivity index (χ4n) is 2.85. The minimum Gasteiger partial charge on any atom is -0.307 e. The number of aromatic nitrogens is 2. The summed E-state index contributed by atoms with van der Waals surface area (Å²) in [7, 11) is -1.53. The molecule has 23 heavy (non-hydrogen) atoms. The van der Waals surface area contributed by atoms with Gasteiger partial charge in [0.2, 0.25) is 0 Å². The standard InChI is InChI=1S/C16H19N3O3S/c1-3-23(21,22)12-7-4-6-11(10-12)16(20)17-15-13-8-5-9-14(13)18-19(15)2/h4,6-7,10H,3,5,8-9H2,1-2H3,(H,17,20). The molecule has 1 aromatic carbocycles. The second-order valence-corrected chi connectivity index (χ2v) is 7.91. The van der Waals surface area contributed by atoms with Crippen molar-refractivity contribution in [1.82, 2.24) is 9.78 Å². The second-order valence-electron chi connectivity index (χ2n) is 5.64. The van der Waals surface area contributed by atoms with Gasteiger partial charge in [0.1, 0.15) is 5.82 Å². The number of sulfone groups is 1. The van der Waals surface area contributed by atoms with Crippen molar-refractivity contribution in [2.45, 2.75) is 31.1 Å². The third-order valence-corrected chi connectivity index (χ3v) is 5.87. The van der Waals surface area contributed by atoms with Gasteiger partial charge in [-0.15, -0.1) is 0 Å². The third-order valence-electron chi connectivity index (χ3n) is 4.14. The Morgan fingerprint density at radius 2 is 2.13 bits per heavy atom. The molecule has 1 amide bonds. The molecule has 0 unspecified atom stereocenters. The van der Waals surface area contributed by atoms with Gasteiger partial charge >= 0.3 is 0 Å². The number of aryl methyl sites for hydroxylation is 2. The zero-order valence-electron chi connectivity index (χ0n) is 13.2. The van der Waals surface area contributed by atoms with Crippen molar-refractivity contribution < 1.29 is 13.2 Å². The van der Waals surface area contributed by atoms with Crippen molar-refractivity contribution in [2.75, 3.05) is 11.1 Å². The zero-order valence-corrected chi connectivity index (χ0v) is 14.0. The molecule has 0 atom stereocenters. The van der Waals surface area contributed by atoms with E-state index in [0.29, 0.717) is 11.4 Å². The lowest BCUT2D eigenvalue weighted by Gasteiger charge is -2.09. The van der Waals surface area contributed by atoms with Gasteiger partial charge < -0.3 is 5.32 Å². The third kappa shape index (κ3) is 2.88. The summed E-state index contributed by atoms with van der Waals surface area (Å²) >= 11 is 0. The zero-order chi connectivity index (χ0) is 16.6. The van der Waals surface area contributed by atoms with Crippen molar-refractivity contribution in [3.63, 3.8) is 0 Å². The SMILES string of the molecule is CCS(=O)(=O)c1cccc(C(=O)Nc2c3c(nn2C)CCC3)c1. The molecule has 0 saturated heterocycles. The molecule has 7 heteroatoms. The number of benzene rings is 1. The Morgan fingerprint density at radius 1 is 1.35 bits per heavy atom. The summed E-state index contributed by atoms with van der Waals surface area (Å²) in [5.41, 5.74) is 2.44. The van der Waals surface area contributed by atoms with Gasteiger partial charge in [-0.1, -0.05) is 13.0 Å². The minimum absolute atomic E-state index is 0.00725. The Morgan fingerprint density at radius 3 is 2.87 bits per heavy atom. The molecule has 1 aliphatic carbocycles. The first-order valence-corrected chi connectivity index (χ1v) is 9.26. The summed E-state index contributed by atoms with van der Waals surface area (Å²) in [6, 6.07) is 6.13. The normalized spacial score (nSPS) is 13.8. The smallest absolute Gasteiger partial charge is 0.256 e. The summed E-state index contributed by atoms with van der Waals surface area (Å²) < 4.78 is 25.6. The van der Waals surface area contributed by atoms with Gasteiger partial charge in [0.05, 0.1) is 16.3 Å². The van der Waals surface area contributed by atoms with Crippen LogP contribution in [0.25, 0.3) is 0 Å². The van der Waals surface area contributed by atoms with E-state index < -0.39 is 9.84 Å². The lowest BCUT2D eigenvalue weighted by Crippen LogP contribution is -2.16. The number of hydrogen-bond donors (Lipinski definition) is 1. The lowest BCUT2D eigenvalue weighted by atomic mass is 10.2. The van der Waals surface area contributed by atoms with E-state index in [1.165, 1.54) is 12.1 Å². The number of carbonyl (C=O) groups is 1. The fraction of sp³-hybridized carbons (Fsp3) is 0.375. The van der Waals surface area contributed by atoms with Crippen LogP contribution in [0.3, 0.4) is 0 Å². The molecule has 122 valence electrons. The molecule has 0 aliphatic heterocycles. The number of carbonyl (C=O) groups excluding carboxylic acids is 1. The van der Waals surface area contributed by atoms with Gasteiger partial charge in [0.25, 0.3) is 5.91 Å². The highest BCUT2D eigenvalue weighted by atomic mass is 32.2. The van der Waals surface area contributed by atoms with Gasteiger partial charge in [-0.25, -0.2) is 8.42 Å².